The van der Waals surface area contributed by atoms with Crippen molar-refractivity contribution < 1.29 is 9.47 Å². The van der Waals surface area contributed by atoms with Crippen molar-refractivity contribution in [1.29, 1.82) is 0 Å². The van der Waals surface area contributed by atoms with Crippen molar-refractivity contribution in [3.63, 3.8) is 0 Å². The van der Waals surface area contributed by atoms with Crippen molar-refractivity contribution >= 4 is 11.6 Å². The number of hydrogen-bond acceptors (Lipinski definition) is 3. The number of methoxy groups -OCH3 is 1. The molecule has 0 saturated carbocycles. The SMILES string of the molecule is CCOCCNCc1cc(Cl)ccc1OC. The molecule has 0 aliphatic heterocycles. The predicted molar refractivity (Wildman–Crippen MR) is 66.2 cm³/mol. The minimum absolute atomic E-state index is 0.722. The van der Waals surface area contributed by atoms with Crippen molar-refractivity contribution in [2.75, 3.05) is 26.9 Å². The molecule has 3 nitrogen and oxygen atoms in total. The Labute approximate surface area is 102 Å². The highest BCUT2D eigenvalue weighted by Crippen LogP contribution is 2.22. The Hall–Kier alpha value is -0.770. The van der Waals surface area contributed by atoms with Gasteiger partial charge in [-0.05, 0) is 25.1 Å². The van der Waals surface area contributed by atoms with Crippen LogP contribution in [-0.2, 0) is 11.3 Å². The molecule has 0 aliphatic rings. The summed E-state index contributed by atoms with van der Waals surface area (Å²) in [4.78, 5) is 0. The van der Waals surface area contributed by atoms with Crippen LogP contribution in [0.5, 0.6) is 5.75 Å². The fraction of sp³-hybridized carbons (Fsp3) is 0.500. The molecule has 0 heterocycles. The number of halogens is 1. The van der Waals surface area contributed by atoms with Gasteiger partial charge in [0, 0.05) is 30.3 Å². The highest BCUT2D eigenvalue weighted by atomic mass is 35.5. The average molecular weight is 244 g/mol. The lowest BCUT2D eigenvalue weighted by molar-refractivity contribution is 0.149. The Kier molecular flexibility index (Phi) is 6.23. The molecule has 16 heavy (non-hydrogen) atoms. The molecule has 0 spiro atoms. The topological polar surface area (TPSA) is 30.5 Å². The van der Waals surface area contributed by atoms with Gasteiger partial charge < -0.3 is 14.8 Å². The Morgan fingerprint density at radius 3 is 2.88 bits per heavy atom. The first-order chi connectivity index (χ1) is 7.77. The predicted octanol–water partition coefficient (Wildman–Crippen LogP) is 2.47. The maximum Gasteiger partial charge on any atom is 0.123 e. The van der Waals surface area contributed by atoms with Crippen LogP contribution in [0.1, 0.15) is 12.5 Å². The van der Waals surface area contributed by atoms with E-state index in [1.807, 2.05) is 25.1 Å². The molecule has 1 aromatic carbocycles. The van der Waals surface area contributed by atoms with E-state index in [2.05, 4.69) is 5.32 Å². The van der Waals surface area contributed by atoms with Crippen LogP contribution in [0.15, 0.2) is 18.2 Å². The summed E-state index contributed by atoms with van der Waals surface area (Å²) in [7, 11) is 1.66. The normalized spacial score (nSPS) is 10.4. The Morgan fingerprint density at radius 2 is 2.19 bits per heavy atom. The first kappa shape index (κ1) is 13.3. The summed E-state index contributed by atoms with van der Waals surface area (Å²) in [5.74, 6) is 0.855. The zero-order valence-corrected chi connectivity index (χ0v) is 10.5. The van der Waals surface area contributed by atoms with Crippen molar-refractivity contribution in [1.82, 2.24) is 5.32 Å². The molecule has 0 radical (unpaired) electrons. The second kappa shape index (κ2) is 7.49. The van der Waals surface area contributed by atoms with E-state index in [0.717, 1.165) is 42.6 Å². The molecule has 90 valence electrons. The highest BCUT2D eigenvalue weighted by Gasteiger charge is 2.02. The maximum atomic E-state index is 5.93. The molecule has 0 bridgehead atoms. The van der Waals surface area contributed by atoms with E-state index < -0.39 is 0 Å². The Bertz CT molecular complexity index is 318. The molecule has 0 fully saturated rings. The third-order valence-corrected chi connectivity index (χ3v) is 2.42. The van der Waals surface area contributed by atoms with E-state index in [9.17, 15) is 0 Å². The molecule has 1 N–H and O–H groups in total. The van der Waals surface area contributed by atoms with Gasteiger partial charge in [-0.15, -0.1) is 0 Å². The summed E-state index contributed by atoms with van der Waals surface area (Å²) >= 11 is 5.93. The standard InChI is InChI=1S/C12H18ClNO2/c1-3-16-7-6-14-9-10-8-11(13)4-5-12(10)15-2/h4-5,8,14H,3,6-7,9H2,1-2H3. The van der Waals surface area contributed by atoms with Crippen LogP contribution in [-0.4, -0.2) is 26.9 Å². The van der Waals surface area contributed by atoms with Gasteiger partial charge in [0.2, 0.25) is 0 Å². The first-order valence-electron chi connectivity index (χ1n) is 5.38. The van der Waals surface area contributed by atoms with Gasteiger partial charge in [-0.1, -0.05) is 11.6 Å². The minimum Gasteiger partial charge on any atom is -0.496 e. The summed E-state index contributed by atoms with van der Waals surface area (Å²) in [6, 6.07) is 5.61. The van der Waals surface area contributed by atoms with E-state index in [1.165, 1.54) is 0 Å². The molecule has 0 amide bonds. The zero-order valence-electron chi connectivity index (χ0n) is 9.75. The van der Waals surface area contributed by atoms with Crippen LogP contribution in [0.25, 0.3) is 0 Å². The van der Waals surface area contributed by atoms with E-state index in [-0.39, 0.29) is 0 Å². The summed E-state index contributed by atoms with van der Waals surface area (Å²) < 4.78 is 10.5. The van der Waals surface area contributed by atoms with Crippen LogP contribution in [0.4, 0.5) is 0 Å². The quantitative estimate of drug-likeness (QED) is 0.747. The second-order valence-electron chi connectivity index (χ2n) is 3.33. The third kappa shape index (κ3) is 4.39. The Balaban J connectivity index is 2.42. The van der Waals surface area contributed by atoms with E-state index >= 15 is 0 Å². The lowest BCUT2D eigenvalue weighted by atomic mass is 10.2. The smallest absolute Gasteiger partial charge is 0.123 e. The monoisotopic (exact) mass is 243 g/mol. The van der Waals surface area contributed by atoms with Crippen molar-refractivity contribution in [2.24, 2.45) is 0 Å². The molecule has 0 saturated heterocycles. The summed E-state index contributed by atoms with van der Waals surface area (Å²) in [5, 5.41) is 4.00. The number of rotatable bonds is 7. The van der Waals surface area contributed by atoms with Crippen molar-refractivity contribution in [3.8, 4) is 5.75 Å². The van der Waals surface area contributed by atoms with E-state index in [0.29, 0.717) is 0 Å². The van der Waals surface area contributed by atoms with Gasteiger partial charge in [0.15, 0.2) is 0 Å². The van der Waals surface area contributed by atoms with Gasteiger partial charge in [-0.2, -0.15) is 0 Å². The van der Waals surface area contributed by atoms with E-state index in [1.54, 1.807) is 7.11 Å². The van der Waals surface area contributed by atoms with Gasteiger partial charge in [0.25, 0.3) is 0 Å². The molecular formula is C12H18ClNO2. The molecule has 0 aliphatic carbocycles. The van der Waals surface area contributed by atoms with Gasteiger partial charge in [0.1, 0.15) is 5.75 Å². The van der Waals surface area contributed by atoms with Gasteiger partial charge >= 0.3 is 0 Å². The van der Waals surface area contributed by atoms with Crippen molar-refractivity contribution in [3.05, 3.63) is 28.8 Å². The maximum absolute atomic E-state index is 5.93. The van der Waals surface area contributed by atoms with Gasteiger partial charge in [-0.25, -0.2) is 0 Å². The molecule has 0 aromatic heterocycles. The molecule has 1 rings (SSSR count). The largest absolute Gasteiger partial charge is 0.496 e. The Morgan fingerprint density at radius 1 is 1.38 bits per heavy atom. The molecule has 0 unspecified atom stereocenters. The zero-order chi connectivity index (χ0) is 11.8. The summed E-state index contributed by atoms with van der Waals surface area (Å²) in [5.41, 5.74) is 1.06. The summed E-state index contributed by atoms with van der Waals surface area (Å²) in [6.45, 7) is 5.02. The molecule has 0 atom stereocenters. The first-order valence-corrected chi connectivity index (χ1v) is 5.76. The van der Waals surface area contributed by atoms with Crippen LogP contribution >= 0.6 is 11.6 Å². The van der Waals surface area contributed by atoms with Crippen LogP contribution < -0.4 is 10.1 Å². The van der Waals surface area contributed by atoms with Crippen LogP contribution in [0, 0.1) is 0 Å². The van der Waals surface area contributed by atoms with Crippen LogP contribution in [0.2, 0.25) is 5.02 Å². The lowest BCUT2D eigenvalue weighted by Gasteiger charge is -2.10. The number of ether oxygens (including phenoxy) is 2. The van der Waals surface area contributed by atoms with Crippen LogP contribution in [0.3, 0.4) is 0 Å². The molecule has 4 heteroatoms. The highest BCUT2D eigenvalue weighted by molar-refractivity contribution is 6.30. The summed E-state index contributed by atoms with van der Waals surface area (Å²) in [6.07, 6.45) is 0. The molecule has 1 aromatic rings. The molecular weight excluding hydrogens is 226 g/mol. The fourth-order valence-corrected chi connectivity index (χ4v) is 1.59. The number of benzene rings is 1. The van der Waals surface area contributed by atoms with Gasteiger partial charge in [-0.3, -0.25) is 0 Å². The fourth-order valence-electron chi connectivity index (χ4n) is 1.40. The minimum atomic E-state index is 0.722. The van der Waals surface area contributed by atoms with Gasteiger partial charge in [0.05, 0.1) is 13.7 Å². The second-order valence-corrected chi connectivity index (χ2v) is 3.77. The lowest BCUT2D eigenvalue weighted by Crippen LogP contribution is -2.19. The van der Waals surface area contributed by atoms with E-state index in [4.69, 9.17) is 21.1 Å². The average Bonchev–Trinajstić information content (AvgIpc) is 2.29. The number of hydrogen-bond donors (Lipinski definition) is 1. The van der Waals surface area contributed by atoms with Crippen molar-refractivity contribution in [2.45, 2.75) is 13.5 Å². The number of nitrogens with one attached hydrogen (secondary N) is 1. The third-order valence-electron chi connectivity index (χ3n) is 2.19.